The lowest BCUT2D eigenvalue weighted by atomic mass is 9.87. The van der Waals surface area contributed by atoms with Crippen LogP contribution in [0.2, 0.25) is 10.0 Å². The van der Waals surface area contributed by atoms with E-state index in [1.54, 1.807) is 0 Å². The van der Waals surface area contributed by atoms with Gasteiger partial charge >= 0.3 is 0 Å². The SMILES string of the molecule is Nc1ncnc(N2CCC(N)(C(=O)N[C@H](c3ccc(Cl)cc3)C(F)F)CC2)c1Cl. The fourth-order valence-electron chi connectivity index (χ4n) is 3.19. The molecule has 1 aromatic heterocycles. The number of carbonyl (C=O) groups is 1. The summed E-state index contributed by atoms with van der Waals surface area (Å²) in [5.74, 6) is -0.0271. The fraction of sp³-hybridized carbons (Fsp3) is 0.389. The van der Waals surface area contributed by atoms with E-state index < -0.39 is 23.9 Å². The summed E-state index contributed by atoms with van der Waals surface area (Å²) in [7, 11) is 0. The first kappa shape index (κ1) is 21.5. The number of hydrogen-bond donors (Lipinski definition) is 3. The lowest BCUT2D eigenvalue weighted by Gasteiger charge is -2.39. The molecule has 5 N–H and O–H groups in total. The van der Waals surface area contributed by atoms with Crippen molar-refractivity contribution >= 4 is 40.7 Å². The Morgan fingerprint density at radius 2 is 1.79 bits per heavy atom. The number of piperidine rings is 1. The Bertz CT molecular complexity index is 875. The number of rotatable bonds is 5. The predicted molar refractivity (Wildman–Crippen MR) is 108 cm³/mol. The molecule has 29 heavy (non-hydrogen) atoms. The third-order valence-corrected chi connectivity index (χ3v) is 5.59. The van der Waals surface area contributed by atoms with Crippen molar-refractivity contribution in [2.45, 2.75) is 30.8 Å². The van der Waals surface area contributed by atoms with Crippen molar-refractivity contribution in [3.05, 3.63) is 46.2 Å². The largest absolute Gasteiger partial charge is 0.382 e. The molecule has 2 aromatic rings. The second kappa shape index (κ2) is 8.64. The van der Waals surface area contributed by atoms with Crippen molar-refractivity contribution in [3.63, 3.8) is 0 Å². The molecule has 7 nitrogen and oxygen atoms in total. The molecular formula is C18H20Cl2F2N6O. The number of nitrogens with one attached hydrogen (secondary N) is 1. The quantitative estimate of drug-likeness (QED) is 0.653. The van der Waals surface area contributed by atoms with Gasteiger partial charge in [-0.15, -0.1) is 0 Å². The first-order valence-corrected chi connectivity index (χ1v) is 9.61. The van der Waals surface area contributed by atoms with E-state index in [2.05, 4.69) is 15.3 Å². The van der Waals surface area contributed by atoms with Crippen molar-refractivity contribution in [3.8, 4) is 0 Å². The molecule has 0 radical (unpaired) electrons. The number of anilines is 2. The van der Waals surface area contributed by atoms with Crippen LogP contribution in [0.5, 0.6) is 0 Å². The van der Waals surface area contributed by atoms with Crippen LogP contribution in [-0.4, -0.2) is 40.9 Å². The molecule has 1 amide bonds. The Kier molecular flexibility index (Phi) is 6.40. The van der Waals surface area contributed by atoms with Gasteiger partial charge in [0.1, 0.15) is 23.2 Å². The summed E-state index contributed by atoms with van der Waals surface area (Å²) in [5, 5.41) is 3.03. The van der Waals surface area contributed by atoms with E-state index in [0.29, 0.717) is 23.9 Å². The maximum atomic E-state index is 13.6. The molecule has 1 atom stereocenters. The Morgan fingerprint density at radius 3 is 2.38 bits per heavy atom. The molecule has 0 bridgehead atoms. The maximum Gasteiger partial charge on any atom is 0.262 e. The molecular weight excluding hydrogens is 425 g/mol. The summed E-state index contributed by atoms with van der Waals surface area (Å²) < 4.78 is 27.1. The standard InChI is InChI=1S/C18H20Cl2F2N6O/c19-11-3-1-10(2-4-11)13(14(21)22)27-17(29)18(24)5-7-28(8-6-18)16-12(20)15(23)25-9-26-16/h1-4,9,13-14H,5-8,24H2,(H,27,29)(H2,23,25,26)/t13-/m1/s1. The van der Waals surface area contributed by atoms with Crippen LogP contribution in [0.3, 0.4) is 0 Å². The van der Waals surface area contributed by atoms with Crippen LogP contribution in [0.15, 0.2) is 30.6 Å². The summed E-state index contributed by atoms with van der Waals surface area (Å²) in [6.07, 6.45) is -1.04. The van der Waals surface area contributed by atoms with E-state index in [1.165, 1.54) is 30.6 Å². The number of benzene rings is 1. The van der Waals surface area contributed by atoms with Crippen LogP contribution in [-0.2, 0) is 4.79 Å². The van der Waals surface area contributed by atoms with Crippen molar-refractivity contribution in [2.75, 3.05) is 23.7 Å². The number of nitrogen functional groups attached to an aromatic ring is 1. The summed E-state index contributed by atoms with van der Waals surface area (Å²) >= 11 is 12.0. The molecule has 1 aliphatic heterocycles. The Labute approximate surface area is 176 Å². The van der Waals surface area contributed by atoms with Crippen molar-refractivity contribution in [2.24, 2.45) is 5.73 Å². The van der Waals surface area contributed by atoms with Gasteiger partial charge in [0.2, 0.25) is 5.91 Å². The van der Waals surface area contributed by atoms with E-state index in [-0.39, 0.29) is 29.2 Å². The van der Waals surface area contributed by atoms with E-state index in [9.17, 15) is 13.6 Å². The molecule has 1 aliphatic rings. The highest BCUT2D eigenvalue weighted by Gasteiger charge is 2.40. The molecule has 0 spiro atoms. The highest BCUT2D eigenvalue weighted by atomic mass is 35.5. The molecule has 0 unspecified atom stereocenters. The maximum absolute atomic E-state index is 13.6. The van der Waals surface area contributed by atoms with Gasteiger partial charge in [-0.1, -0.05) is 35.3 Å². The van der Waals surface area contributed by atoms with E-state index in [1.807, 2.05) is 4.90 Å². The van der Waals surface area contributed by atoms with Gasteiger partial charge in [0, 0.05) is 18.1 Å². The molecule has 0 saturated carbocycles. The van der Waals surface area contributed by atoms with Crippen LogP contribution < -0.4 is 21.7 Å². The summed E-state index contributed by atoms with van der Waals surface area (Å²) in [6.45, 7) is 0.723. The minimum atomic E-state index is -2.80. The summed E-state index contributed by atoms with van der Waals surface area (Å²) in [4.78, 5) is 22.5. The Balaban J connectivity index is 1.69. The van der Waals surface area contributed by atoms with Gasteiger partial charge in [0.15, 0.2) is 5.82 Å². The number of hydrogen-bond acceptors (Lipinski definition) is 6. The second-order valence-electron chi connectivity index (χ2n) is 6.88. The van der Waals surface area contributed by atoms with Gasteiger partial charge in [0.05, 0.1) is 5.54 Å². The number of alkyl halides is 2. The summed E-state index contributed by atoms with van der Waals surface area (Å²) in [5.41, 5.74) is 10.9. The molecule has 0 aliphatic carbocycles. The van der Waals surface area contributed by atoms with Gasteiger partial charge in [-0.2, -0.15) is 0 Å². The van der Waals surface area contributed by atoms with E-state index in [4.69, 9.17) is 34.7 Å². The number of nitrogens with zero attached hydrogens (tertiary/aromatic N) is 3. The highest BCUT2D eigenvalue weighted by molar-refractivity contribution is 6.35. The lowest BCUT2D eigenvalue weighted by molar-refractivity contribution is -0.129. The highest BCUT2D eigenvalue weighted by Crippen LogP contribution is 2.31. The van der Waals surface area contributed by atoms with E-state index >= 15 is 0 Å². The topological polar surface area (TPSA) is 110 Å². The van der Waals surface area contributed by atoms with Crippen LogP contribution >= 0.6 is 23.2 Å². The Hall–Kier alpha value is -2.23. The average Bonchev–Trinajstić information content (AvgIpc) is 2.69. The van der Waals surface area contributed by atoms with Crippen molar-refractivity contribution < 1.29 is 13.6 Å². The molecule has 3 rings (SSSR count). The molecule has 2 heterocycles. The van der Waals surface area contributed by atoms with E-state index in [0.717, 1.165) is 0 Å². The zero-order valence-electron chi connectivity index (χ0n) is 15.3. The van der Waals surface area contributed by atoms with Crippen molar-refractivity contribution in [1.29, 1.82) is 0 Å². The van der Waals surface area contributed by atoms with Crippen molar-refractivity contribution in [1.82, 2.24) is 15.3 Å². The minimum Gasteiger partial charge on any atom is -0.382 e. The Morgan fingerprint density at radius 1 is 1.17 bits per heavy atom. The zero-order chi connectivity index (χ0) is 21.2. The zero-order valence-corrected chi connectivity index (χ0v) is 16.8. The molecule has 11 heteroatoms. The number of carbonyl (C=O) groups excluding carboxylic acids is 1. The van der Waals surface area contributed by atoms with Gasteiger partial charge < -0.3 is 21.7 Å². The third kappa shape index (κ3) is 4.68. The first-order valence-electron chi connectivity index (χ1n) is 8.85. The normalized spacial score (nSPS) is 17.2. The lowest BCUT2D eigenvalue weighted by Crippen LogP contribution is -2.60. The van der Waals surface area contributed by atoms with Gasteiger partial charge in [0.25, 0.3) is 6.43 Å². The van der Waals surface area contributed by atoms with Crippen LogP contribution in [0.4, 0.5) is 20.4 Å². The molecule has 156 valence electrons. The number of nitrogens with two attached hydrogens (primary N) is 2. The number of amides is 1. The van der Waals surface area contributed by atoms with Gasteiger partial charge in [-0.05, 0) is 30.5 Å². The number of halogens is 4. The minimum absolute atomic E-state index is 0.154. The predicted octanol–water partition coefficient (Wildman–Crippen LogP) is 2.79. The van der Waals surface area contributed by atoms with Gasteiger partial charge in [-0.3, -0.25) is 4.79 Å². The van der Waals surface area contributed by atoms with Crippen LogP contribution in [0.25, 0.3) is 0 Å². The molecule has 1 fully saturated rings. The monoisotopic (exact) mass is 444 g/mol. The molecule has 1 saturated heterocycles. The fourth-order valence-corrected chi connectivity index (χ4v) is 3.53. The third-order valence-electron chi connectivity index (χ3n) is 4.97. The smallest absolute Gasteiger partial charge is 0.262 e. The molecule has 1 aromatic carbocycles. The summed E-state index contributed by atoms with van der Waals surface area (Å²) in [6, 6.07) is 4.41. The van der Waals surface area contributed by atoms with Crippen LogP contribution in [0, 0.1) is 0 Å². The second-order valence-corrected chi connectivity index (χ2v) is 7.69. The van der Waals surface area contributed by atoms with Gasteiger partial charge in [-0.25, -0.2) is 18.7 Å². The van der Waals surface area contributed by atoms with Crippen LogP contribution in [0.1, 0.15) is 24.4 Å². The number of aromatic nitrogens is 2. The average molecular weight is 445 g/mol. The first-order chi connectivity index (χ1) is 13.7.